The molecule has 0 atom stereocenters. The van der Waals surface area contributed by atoms with E-state index in [1.165, 1.54) is 0 Å². The van der Waals surface area contributed by atoms with Crippen LogP contribution in [0.15, 0.2) is 65.7 Å². The summed E-state index contributed by atoms with van der Waals surface area (Å²) in [7, 11) is 0. The molecule has 4 heteroatoms. The first-order valence-corrected chi connectivity index (χ1v) is 4.97. The smallest absolute Gasteiger partial charge is 0.846 e. The quantitative estimate of drug-likeness (QED) is 0.418. The number of hydrogen-bond donors (Lipinski definition) is 1. The molecule has 2 aromatic carbocycles. The molecule has 0 aliphatic rings. The zero-order valence-electron chi connectivity index (χ0n) is 9.63. The fourth-order valence-electron chi connectivity index (χ4n) is 1.29. The summed E-state index contributed by atoms with van der Waals surface area (Å²) in [6, 6.07) is 18.0. The van der Waals surface area contributed by atoms with Gasteiger partial charge in [-0.2, -0.15) is 0 Å². The summed E-state index contributed by atoms with van der Waals surface area (Å²) >= 11 is 0. The second kappa shape index (κ2) is 7.12. The first-order valence-electron chi connectivity index (χ1n) is 4.97. The summed E-state index contributed by atoms with van der Waals surface area (Å²) in [5, 5.41) is 14.2. The first-order chi connectivity index (χ1) is 7.84. The van der Waals surface area contributed by atoms with E-state index in [1.54, 1.807) is 12.1 Å². The van der Waals surface area contributed by atoms with Crippen molar-refractivity contribution in [2.75, 3.05) is 5.32 Å². The van der Waals surface area contributed by atoms with E-state index in [4.69, 9.17) is 0 Å². The Labute approximate surface area is 123 Å². The molecule has 0 aromatic heterocycles. The van der Waals surface area contributed by atoms with Gasteiger partial charge in [-0.15, -0.1) is 0 Å². The van der Waals surface area contributed by atoms with Crippen molar-refractivity contribution in [2.45, 2.75) is 0 Å². The van der Waals surface area contributed by atoms with Crippen molar-refractivity contribution in [1.82, 2.24) is 0 Å². The Balaban J connectivity index is 0.00000144. The summed E-state index contributed by atoms with van der Waals surface area (Å²) in [6.07, 6.45) is 0. The minimum Gasteiger partial charge on any atom is -0.846 e. The van der Waals surface area contributed by atoms with Gasteiger partial charge in [-0.05, 0) is 24.3 Å². The van der Waals surface area contributed by atoms with Crippen LogP contribution in [0, 0.1) is 0 Å². The maximum Gasteiger partial charge on any atom is 1.00 e. The number of hydrogen-bond acceptors (Lipinski definition) is 2. The van der Waals surface area contributed by atoms with Crippen molar-refractivity contribution in [3.63, 3.8) is 0 Å². The van der Waals surface area contributed by atoms with E-state index in [2.05, 4.69) is 10.3 Å². The summed E-state index contributed by atoms with van der Waals surface area (Å²) in [4.78, 5) is 3.90. The minimum absolute atomic E-state index is 0. The SMILES string of the molecule is [Na+].[O-]C(=Nc1ccccc1)Nc1ccccc1. The van der Waals surface area contributed by atoms with Crippen molar-refractivity contribution < 1.29 is 34.7 Å². The van der Waals surface area contributed by atoms with Gasteiger partial charge in [-0.3, -0.25) is 0 Å². The van der Waals surface area contributed by atoms with E-state index in [1.807, 2.05) is 48.5 Å². The molecule has 0 aliphatic carbocycles. The summed E-state index contributed by atoms with van der Waals surface area (Å²) in [5.41, 5.74) is 1.39. The minimum atomic E-state index is -0.364. The number of anilines is 1. The molecule has 80 valence electrons. The summed E-state index contributed by atoms with van der Waals surface area (Å²) < 4.78 is 0. The molecule has 0 aliphatic heterocycles. The molecule has 0 fully saturated rings. The van der Waals surface area contributed by atoms with Crippen molar-refractivity contribution in [3.05, 3.63) is 60.7 Å². The molecule has 0 spiro atoms. The van der Waals surface area contributed by atoms with Gasteiger partial charge in [-0.25, -0.2) is 4.99 Å². The topological polar surface area (TPSA) is 47.5 Å². The van der Waals surface area contributed by atoms with Crippen LogP contribution in [0.25, 0.3) is 0 Å². The summed E-state index contributed by atoms with van der Waals surface area (Å²) in [5.74, 6) is 0. The van der Waals surface area contributed by atoms with Gasteiger partial charge in [0.15, 0.2) is 0 Å². The van der Waals surface area contributed by atoms with Crippen LogP contribution in [0.5, 0.6) is 0 Å². The molecule has 0 bridgehead atoms. The fourth-order valence-corrected chi connectivity index (χ4v) is 1.29. The number of benzene rings is 2. The van der Waals surface area contributed by atoms with Crippen molar-refractivity contribution in [1.29, 1.82) is 0 Å². The van der Waals surface area contributed by atoms with Gasteiger partial charge < -0.3 is 10.4 Å². The Morgan fingerprint density at radius 3 is 2.00 bits per heavy atom. The van der Waals surface area contributed by atoms with Gasteiger partial charge in [0.25, 0.3) is 0 Å². The molecule has 2 rings (SSSR count). The van der Waals surface area contributed by atoms with Crippen LogP contribution < -0.4 is 40.0 Å². The number of rotatable bonds is 2. The van der Waals surface area contributed by atoms with E-state index in [0.29, 0.717) is 5.69 Å². The van der Waals surface area contributed by atoms with Crippen molar-refractivity contribution >= 4 is 17.4 Å². The number of aliphatic imine (C=N–C) groups is 1. The molecule has 0 unspecified atom stereocenters. The second-order valence-corrected chi connectivity index (χ2v) is 3.24. The van der Waals surface area contributed by atoms with Crippen LogP contribution in [-0.4, -0.2) is 6.02 Å². The third-order valence-corrected chi connectivity index (χ3v) is 2.01. The van der Waals surface area contributed by atoms with E-state index in [9.17, 15) is 5.11 Å². The van der Waals surface area contributed by atoms with Gasteiger partial charge in [0.2, 0.25) is 0 Å². The molecule has 1 N–H and O–H groups in total. The van der Waals surface area contributed by atoms with E-state index in [0.717, 1.165) is 5.69 Å². The molecule has 3 nitrogen and oxygen atoms in total. The van der Waals surface area contributed by atoms with Gasteiger partial charge >= 0.3 is 29.6 Å². The summed E-state index contributed by atoms with van der Waals surface area (Å²) in [6.45, 7) is 0. The number of nitrogens with one attached hydrogen (secondary N) is 1. The second-order valence-electron chi connectivity index (χ2n) is 3.24. The molecule has 0 heterocycles. The molecule has 2 aromatic rings. The predicted molar refractivity (Wildman–Crippen MR) is 63.6 cm³/mol. The monoisotopic (exact) mass is 234 g/mol. The molecule has 0 amide bonds. The average molecular weight is 234 g/mol. The zero-order chi connectivity index (χ0) is 11.2. The van der Waals surface area contributed by atoms with Gasteiger partial charge in [0.1, 0.15) is 0 Å². The Morgan fingerprint density at radius 2 is 1.41 bits per heavy atom. The van der Waals surface area contributed by atoms with Gasteiger partial charge in [0.05, 0.1) is 11.7 Å². The third-order valence-electron chi connectivity index (χ3n) is 2.01. The average Bonchev–Trinajstić information content (AvgIpc) is 2.31. The van der Waals surface area contributed by atoms with E-state index < -0.39 is 0 Å². The van der Waals surface area contributed by atoms with Crippen LogP contribution in [0.1, 0.15) is 0 Å². The van der Waals surface area contributed by atoms with E-state index >= 15 is 0 Å². The predicted octanol–water partition coefficient (Wildman–Crippen LogP) is -0.849. The van der Waals surface area contributed by atoms with Crippen molar-refractivity contribution in [3.8, 4) is 0 Å². The molecular formula is C13H11N2NaO. The molecule has 17 heavy (non-hydrogen) atoms. The first kappa shape index (κ1) is 13.8. The van der Waals surface area contributed by atoms with Gasteiger partial charge in [-0.1, -0.05) is 36.4 Å². The molecule has 0 saturated carbocycles. The van der Waals surface area contributed by atoms with Crippen LogP contribution >= 0.6 is 0 Å². The number of nitrogens with zero attached hydrogens (tertiary/aromatic N) is 1. The number of para-hydroxylation sites is 2. The van der Waals surface area contributed by atoms with Crippen LogP contribution in [-0.2, 0) is 0 Å². The number of amidine groups is 1. The Bertz CT molecular complexity index is 471. The third kappa shape index (κ3) is 4.61. The normalized spacial score (nSPS) is 10.5. The molecule has 0 radical (unpaired) electrons. The van der Waals surface area contributed by atoms with Crippen LogP contribution in [0.2, 0.25) is 0 Å². The maximum atomic E-state index is 11.5. The standard InChI is InChI=1S/C13H12N2O.Na/c16-13(14-11-7-3-1-4-8-11)15-12-9-5-2-6-10-12;/h1-10H,(H2,14,15,16);/q;+1/p-1. The molecule has 0 saturated heterocycles. The maximum absolute atomic E-state index is 11.5. The van der Waals surface area contributed by atoms with E-state index in [-0.39, 0.29) is 35.6 Å². The van der Waals surface area contributed by atoms with Gasteiger partial charge in [0, 0.05) is 5.69 Å². The van der Waals surface area contributed by atoms with Crippen LogP contribution in [0.3, 0.4) is 0 Å². The Hall–Kier alpha value is -1.29. The van der Waals surface area contributed by atoms with Crippen molar-refractivity contribution in [2.24, 2.45) is 4.99 Å². The molecular weight excluding hydrogens is 223 g/mol. The Kier molecular flexibility index (Phi) is 5.77. The largest absolute Gasteiger partial charge is 1.00 e. The zero-order valence-corrected chi connectivity index (χ0v) is 11.6. The fraction of sp³-hybridized carbons (Fsp3) is 0. The van der Waals surface area contributed by atoms with Crippen LogP contribution in [0.4, 0.5) is 11.4 Å². The Morgan fingerprint density at radius 1 is 0.882 bits per heavy atom.